The maximum atomic E-state index is 12.7. The van der Waals surface area contributed by atoms with Crippen LogP contribution >= 0.6 is 11.8 Å². The van der Waals surface area contributed by atoms with Crippen LogP contribution in [0.1, 0.15) is 6.92 Å². The molecule has 2 heterocycles. The second-order valence-electron chi connectivity index (χ2n) is 6.08. The fraction of sp³-hybridized carbons (Fsp3) is 0.278. The first-order valence-electron chi connectivity index (χ1n) is 8.26. The van der Waals surface area contributed by atoms with Gasteiger partial charge in [-0.05, 0) is 31.2 Å². The molecule has 0 fully saturated rings. The predicted octanol–water partition coefficient (Wildman–Crippen LogP) is 1.27. The number of aliphatic carboxylic acids is 1. The third-order valence-corrected chi connectivity index (χ3v) is 5.33. The van der Waals surface area contributed by atoms with Crippen molar-refractivity contribution in [2.24, 2.45) is 14.1 Å². The first-order chi connectivity index (χ1) is 13.2. The third kappa shape index (κ3) is 3.38. The second-order valence-corrected chi connectivity index (χ2v) is 7.41. The number of rotatable bonds is 5. The van der Waals surface area contributed by atoms with Gasteiger partial charge in [0.15, 0.2) is 11.5 Å². The van der Waals surface area contributed by atoms with E-state index in [1.165, 1.54) is 25.6 Å². The van der Waals surface area contributed by atoms with Gasteiger partial charge >= 0.3 is 11.7 Å². The zero-order chi connectivity index (χ0) is 20.6. The van der Waals surface area contributed by atoms with Crippen molar-refractivity contribution in [2.75, 3.05) is 7.11 Å². The highest BCUT2D eigenvalue weighted by Crippen LogP contribution is 2.29. The van der Waals surface area contributed by atoms with Gasteiger partial charge in [0.05, 0.1) is 7.11 Å². The van der Waals surface area contributed by atoms with E-state index in [4.69, 9.17) is 4.74 Å². The SMILES string of the molecule is COc1ccc(-c2nc(SC(C)C(=O)O)c3c(=O)n(C)c(=O)n(C)c3n2)cc1. The Morgan fingerprint density at radius 2 is 1.79 bits per heavy atom. The summed E-state index contributed by atoms with van der Waals surface area (Å²) in [5, 5.41) is 8.74. The van der Waals surface area contributed by atoms with Gasteiger partial charge in [0, 0.05) is 19.7 Å². The van der Waals surface area contributed by atoms with Crippen molar-refractivity contribution in [1.29, 1.82) is 0 Å². The summed E-state index contributed by atoms with van der Waals surface area (Å²) < 4.78 is 7.35. The van der Waals surface area contributed by atoms with E-state index in [0.29, 0.717) is 11.3 Å². The number of aromatic nitrogens is 4. The molecule has 28 heavy (non-hydrogen) atoms. The second kappa shape index (κ2) is 7.47. The number of hydrogen-bond acceptors (Lipinski definition) is 7. The lowest BCUT2D eigenvalue weighted by Gasteiger charge is -2.13. The summed E-state index contributed by atoms with van der Waals surface area (Å²) in [4.78, 5) is 45.2. The number of hydrogen-bond donors (Lipinski definition) is 1. The van der Waals surface area contributed by atoms with Gasteiger partial charge in [-0.15, -0.1) is 0 Å². The first kappa shape index (κ1) is 19.6. The molecule has 3 rings (SSSR count). The van der Waals surface area contributed by atoms with E-state index in [9.17, 15) is 19.5 Å². The minimum Gasteiger partial charge on any atom is -0.497 e. The number of carboxylic acid groups (broad SMARTS) is 1. The van der Waals surface area contributed by atoms with Crippen LogP contribution < -0.4 is 16.0 Å². The molecule has 0 radical (unpaired) electrons. The normalized spacial score (nSPS) is 12.1. The Hall–Kier alpha value is -3.14. The molecule has 3 aromatic rings. The molecule has 146 valence electrons. The number of thioether (sulfide) groups is 1. The largest absolute Gasteiger partial charge is 0.497 e. The molecule has 0 saturated carbocycles. The lowest BCUT2D eigenvalue weighted by molar-refractivity contribution is -0.136. The molecule has 2 aromatic heterocycles. The summed E-state index contributed by atoms with van der Waals surface area (Å²) in [6.45, 7) is 1.50. The predicted molar refractivity (Wildman–Crippen MR) is 105 cm³/mol. The van der Waals surface area contributed by atoms with Gasteiger partial charge < -0.3 is 9.84 Å². The Kier molecular flexibility index (Phi) is 5.23. The highest BCUT2D eigenvalue weighted by atomic mass is 32.2. The number of fused-ring (bicyclic) bond motifs is 1. The zero-order valence-electron chi connectivity index (χ0n) is 15.7. The molecule has 0 saturated heterocycles. The molecule has 1 unspecified atom stereocenters. The topological polar surface area (TPSA) is 116 Å². The van der Waals surface area contributed by atoms with Crippen molar-refractivity contribution >= 4 is 28.8 Å². The van der Waals surface area contributed by atoms with Crippen molar-refractivity contribution in [3.63, 3.8) is 0 Å². The number of ether oxygens (including phenoxy) is 1. The van der Waals surface area contributed by atoms with E-state index >= 15 is 0 Å². The van der Waals surface area contributed by atoms with Crippen molar-refractivity contribution in [3.05, 3.63) is 45.1 Å². The summed E-state index contributed by atoms with van der Waals surface area (Å²) in [6, 6.07) is 6.96. The summed E-state index contributed by atoms with van der Waals surface area (Å²) in [7, 11) is 4.41. The fourth-order valence-corrected chi connectivity index (χ4v) is 3.47. The Labute approximate surface area is 163 Å². The summed E-state index contributed by atoms with van der Waals surface area (Å²) in [6.07, 6.45) is 0. The van der Waals surface area contributed by atoms with Crippen LogP contribution in [0.3, 0.4) is 0 Å². The maximum Gasteiger partial charge on any atom is 0.332 e. The van der Waals surface area contributed by atoms with E-state index in [1.807, 2.05) is 0 Å². The highest BCUT2D eigenvalue weighted by molar-refractivity contribution is 8.00. The highest BCUT2D eigenvalue weighted by Gasteiger charge is 2.22. The number of benzene rings is 1. The molecule has 0 aliphatic heterocycles. The van der Waals surface area contributed by atoms with Crippen molar-refractivity contribution in [1.82, 2.24) is 19.1 Å². The maximum absolute atomic E-state index is 12.7. The Balaban J connectivity index is 2.34. The van der Waals surface area contributed by atoms with Gasteiger partial charge in [-0.1, -0.05) is 11.8 Å². The molecule has 9 nitrogen and oxygen atoms in total. The smallest absolute Gasteiger partial charge is 0.332 e. The Morgan fingerprint density at radius 3 is 2.36 bits per heavy atom. The summed E-state index contributed by atoms with van der Waals surface area (Å²) in [5.74, 6) is -0.109. The van der Waals surface area contributed by atoms with Crippen LogP contribution in [0.15, 0.2) is 38.9 Å². The number of carbonyl (C=O) groups is 1. The van der Waals surface area contributed by atoms with Crippen molar-refractivity contribution < 1.29 is 14.6 Å². The van der Waals surface area contributed by atoms with Crippen LogP contribution in [-0.2, 0) is 18.9 Å². The van der Waals surface area contributed by atoms with E-state index in [-0.39, 0.29) is 21.9 Å². The lowest BCUT2D eigenvalue weighted by atomic mass is 10.2. The van der Waals surface area contributed by atoms with Crippen molar-refractivity contribution in [2.45, 2.75) is 17.2 Å². The molecule has 1 atom stereocenters. The van der Waals surface area contributed by atoms with Gasteiger partial charge in [0.25, 0.3) is 5.56 Å². The standard InChI is InChI=1S/C18H18N4O5S/c1-9(17(24)25)28-15-12-14(21(2)18(26)22(3)16(12)23)19-13(20-15)10-5-7-11(27-4)8-6-10/h5-9H,1-4H3,(H,24,25). The molecule has 0 aliphatic rings. The monoisotopic (exact) mass is 402 g/mol. The van der Waals surface area contributed by atoms with E-state index < -0.39 is 22.5 Å². The molecule has 0 bridgehead atoms. The van der Waals surface area contributed by atoms with Gasteiger partial charge in [-0.25, -0.2) is 14.8 Å². The van der Waals surface area contributed by atoms with Gasteiger partial charge in [0.2, 0.25) is 0 Å². The summed E-state index contributed by atoms with van der Waals surface area (Å²) in [5.41, 5.74) is -0.312. The molecule has 0 amide bonds. The van der Waals surface area contributed by atoms with Gasteiger partial charge in [0.1, 0.15) is 21.4 Å². The van der Waals surface area contributed by atoms with E-state index in [0.717, 1.165) is 16.3 Å². The number of aryl methyl sites for hydroxylation is 1. The van der Waals surface area contributed by atoms with Crippen LogP contribution in [0.5, 0.6) is 5.75 Å². The minimum atomic E-state index is -1.04. The van der Waals surface area contributed by atoms with E-state index in [2.05, 4.69) is 9.97 Å². The van der Waals surface area contributed by atoms with Crippen LogP contribution in [-0.4, -0.2) is 42.5 Å². The van der Waals surface area contributed by atoms with Crippen LogP contribution in [0.25, 0.3) is 22.4 Å². The molecule has 1 aromatic carbocycles. The fourth-order valence-electron chi connectivity index (χ4n) is 2.60. The number of carboxylic acids is 1. The molecule has 0 spiro atoms. The molecular weight excluding hydrogens is 384 g/mol. The summed E-state index contributed by atoms with van der Waals surface area (Å²) >= 11 is 0.931. The zero-order valence-corrected chi connectivity index (χ0v) is 16.5. The minimum absolute atomic E-state index is 0.111. The van der Waals surface area contributed by atoms with Crippen LogP contribution in [0.2, 0.25) is 0 Å². The first-order valence-corrected chi connectivity index (χ1v) is 9.14. The van der Waals surface area contributed by atoms with Crippen LogP contribution in [0, 0.1) is 0 Å². The van der Waals surface area contributed by atoms with Crippen LogP contribution in [0.4, 0.5) is 0 Å². The molecular formula is C18H18N4O5S. The quantitative estimate of drug-likeness (QED) is 0.501. The Morgan fingerprint density at radius 1 is 1.14 bits per heavy atom. The van der Waals surface area contributed by atoms with Gasteiger partial charge in [-0.3, -0.25) is 18.7 Å². The lowest BCUT2D eigenvalue weighted by Crippen LogP contribution is -2.37. The Bertz CT molecular complexity index is 1180. The van der Waals surface area contributed by atoms with Crippen molar-refractivity contribution in [3.8, 4) is 17.1 Å². The average Bonchev–Trinajstić information content (AvgIpc) is 2.70. The third-order valence-electron chi connectivity index (χ3n) is 4.25. The molecule has 0 aliphatic carbocycles. The van der Waals surface area contributed by atoms with E-state index in [1.54, 1.807) is 31.4 Å². The number of nitrogens with zero attached hydrogens (tertiary/aromatic N) is 4. The van der Waals surface area contributed by atoms with Gasteiger partial charge in [-0.2, -0.15) is 0 Å². The average molecular weight is 402 g/mol. The molecule has 1 N–H and O–H groups in total. The molecule has 10 heteroatoms. The number of methoxy groups -OCH3 is 1.